The SMILES string of the molecule is CN([C@H]1CCCN(Cc2noc(C3CC3)n2)C1)[C@@H]1CCOC1=O. The molecule has 3 aliphatic rings. The summed E-state index contributed by atoms with van der Waals surface area (Å²) < 4.78 is 10.4. The molecule has 0 bridgehead atoms. The van der Waals surface area contributed by atoms with Gasteiger partial charge in [-0.05, 0) is 39.3 Å². The molecule has 2 atom stereocenters. The molecule has 1 aromatic heterocycles. The number of carbonyl (C=O) groups excluding carboxylic acids is 1. The Labute approximate surface area is 136 Å². The lowest BCUT2D eigenvalue weighted by atomic mass is 10.0. The molecule has 3 fully saturated rings. The monoisotopic (exact) mass is 320 g/mol. The first-order valence-electron chi connectivity index (χ1n) is 8.64. The van der Waals surface area contributed by atoms with Crippen LogP contribution in [0.5, 0.6) is 0 Å². The number of hydrogen-bond donors (Lipinski definition) is 0. The van der Waals surface area contributed by atoms with E-state index in [1.54, 1.807) is 0 Å². The van der Waals surface area contributed by atoms with Crippen LogP contribution in [0.1, 0.15) is 49.7 Å². The second-order valence-electron chi connectivity index (χ2n) is 6.99. The summed E-state index contributed by atoms with van der Waals surface area (Å²) in [6, 6.07) is 0.306. The number of piperidine rings is 1. The van der Waals surface area contributed by atoms with Crippen molar-refractivity contribution in [3.05, 3.63) is 11.7 Å². The molecular formula is C16H24N4O3. The highest BCUT2D eigenvalue weighted by atomic mass is 16.5. The van der Waals surface area contributed by atoms with Gasteiger partial charge in [-0.1, -0.05) is 5.16 Å². The highest BCUT2D eigenvalue weighted by Gasteiger charge is 2.36. The van der Waals surface area contributed by atoms with E-state index in [-0.39, 0.29) is 12.0 Å². The Morgan fingerprint density at radius 1 is 1.30 bits per heavy atom. The van der Waals surface area contributed by atoms with Gasteiger partial charge in [0.25, 0.3) is 0 Å². The Balaban J connectivity index is 1.35. The van der Waals surface area contributed by atoms with Crippen molar-refractivity contribution >= 4 is 5.97 Å². The van der Waals surface area contributed by atoms with Gasteiger partial charge >= 0.3 is 5.97 Å². The Morgan fingerprint density at radius 2 is 2.17 bits per heavy atom. The number of likely N-dealkylation sites (N-methyl/N-ethyl adjacent to an activating group) is 1. The molecular weight excluding hydrogens is 296 g/mol. The summed E-state index contributed by atoms with van der Waals surface area (Å²) in [5.41, 5.74) is 0. The minimum atomic E-state index is -0.0772. The molecule has 1 aliphatic carbocycles. The van der Waals surface area contributed by atoms with Gasteiger partial charge in [-0.15, -0.1) is 0 Å². The number of cyclic esters (lactones) is 1. The van der Waals surface area contributed by atoms with Crippen LogP contribution in [-0.2, 0) is 16.1 Å². The number of likely N-dealkylation sites (tertiary alicyclic amines) is 1. The van der Waals surface area contributed by atoms with E-state index >= 15 is 0 Å². The quantitative estimate of drug-likeness (QED) is 0.754. The predicted octanol–water partition coefficient (Wildman–Crippen LogP) is 1.16. The number of carbonyl (C=O) groups is 1. The van der Waals surface area contributed by atoms with Crippen molar-refractivity contribution in [2.24, 2.45) is 0 Å². The average Bonchev–Trinajstić information content (AvgIpc) is 3.16. The van der Waals surface area contributed by atoms with Crippen LogP contribution in [0.2, 0.25) is 0 Å². The first kappa shape index (κ1) is 15.1. The van der Waals surface area contributed by atoms with Gasteiger partial charge in [0.15, 0.2) is 5.82 Å². The maximum atomic E-state index is 11.8. The standard InChI is InChI=1S/C16H24N4O3/c1-19(13-6-8-22-16(13)21)12-3-2-7-20(9-12)10-14-17-15(23-18-14)11-4-5-11/h11-13H,2-10H2,1H3/t12-,13+/m0/s1. The average molecular weight is 320 g/mol. The molecule has 0 N–H and O–H groups in total. The molecule has 3 heterocycles. The van der Waals surface area contributed by atoms with Crippen molar-refractivity contribution < 1.29 is 14.1 Å². The van der Waals surface area contributed by atoms with Gasteiger partial charge in [-0.3, -0.25) is 14.6 Å². The van der Waals surface area contributed by atoms with Crippen LogP contribution in [0.3, 0.4) is 0 Å². The molecule has 1 aromatic rings. The van der Waals surface area contributed by atoms with E-state index in [0.29, 0.717) is 18.6 Å². The maximum absolute atomic E-state index is 11.8. The van der Waals surface area contributed by atoms with Gasteiger partial charge in [-0.25, -0.2) is 0 Å². The summed E-state index contributed by atoms with van der Waals surface area (Å²) in [6.07, 6.45) is 5.41. The van der Waals surface area contributed by atoms with Crippen molar-refractivity contribution in [3.63, 3.8) is 0 Å². The molecule has 0 aromatic carbocycles. The molecule has 7 heteroatoms. The molecule has 0 radical (unpaired) electrons. The van der Waals surface area contributed by atoms with Crippen LogP contribution < -0.4 is 0 Å². The minimum absolute atomic E-state index is 0.0723. The number of hydrogen-bond acceptors (Lipinski definition) is 7. The molecule has 23 heavy (non-hydrogen) atoms. The second-order valence-corrected chi connectivity index (χ2v) is 6.99. The molecule has 0 amide bonds. The molecule has 0 unspecified atom stereocenters. The number of ether oxygens (including phenoxy) is 1. The first-order chi connectivity index (χ1) is 11.2. The lowest BCUT2D eigenvalue weighted by Crippen LogP contribution is -2.50. The van der Waals surface area contributed by atoms with Crippen LogP contribution >= 0.6 is 0 Å². The Hall–Kier alpha value is -1.47. The van der Waals surface area contributed by atoms with E-state index in [1.165, 1.54) is 12.8 Å². The Bertz CT molecular complexity index is 571. The number of rotatable bonds is 5. The van der Waals surface area contributed by atoms with Crippen molar-refractivity contribution in [2.75, 3.05) is 26.7 Å². The van der Waals surface area contributed by atoms with Crippen molar-refractivity contribution in [2.45, 2.75) is 56.7 Å². The van der Waals surface area contributed by atoms with Gasteiger partial charge in [-0.2, -0.15) is 4.98 Å². The van der Waals surface area contributed by atoms with Crippen LogP contribution in [0.15, 0.2) is 4.52 Å². The fraction of sp³-hybridized carbons (Fsp3) is 0.812. The molecule has 1 saturated carbocycles. The molecule has 2 saturated heterocycles. The summed E-state index contributed by atoms with van der Waals surface area (Å²) in [4.78, 5) is 20.9. The summed E-state index contributed by atoms with van der Waals surface area (Å²) in [5.74, 6) is 2.02. The van der Waals surface area contributed by atoms with E-state index in [2.05, 4.69) is 19.9 Å². The lowest BCUT2D eigenvalue weighted by molar-refractivity contribution is -0.142. The highest BCUT2D eigenvalue weighted by Crippen LogP contribution is 2.38. The summed E-state index contributed by atoms with van der Waals surface area (Å²) >= 11 is 0. The van der Waals surface area contributed by atoms with Gasteiger partial charge in [0.2, 0.25) is 5.89 Å². The van der Waals surface area contributed by atoms with Crippen molar-refractivity contribution in [1.82, 2.24) is 19.9 Å². The number of nitrogens with zero attached hydrogens (tertiary/aromatic N) is 4. The van der Waals surface area contributed by atoms with Gasteiger partial charge in [0.1, 0.15) is 6.04 Å². The van der Waals surface area contributed by atoms with Crippen LogP contribution in [0, 0.1) is 0 Å². The fourth-order valence-corrected chi connectivity index (χ4v) is 3.64. The third-order valence-corrected chi connectivity index (χ3v) is 5.23. The van der Waals surface area contributed by atoms with Crippen molar-refractivity contribution in [1.29, 1.82) is 0 Å². The van der Waals surface area contributed by atoms with E-state index in [4.69, 9.17) is 9.26 Å². The second kappa shape index (κ2) is 6.20. The third-order valence-electron chi connectivity index (χ3n) is 5.23. The maximum Gasteiger partial charge on any atom is 0.323 e. The van der Waals surface area contributed by atoms with Crippen LogP contribution in [0.4, 0.5) is 0 Å². The Kier molecular flexibility index (Phi) is 4.07. The minimum Gasteiger partial charge on any atom is -0.464 e. The fourth-order valence-electron chi connectivity index (χ4n) is 3.64. The molecule has 0 spiro atoms. The van der Waals surface area contributed by atoms with E-state index in [1.807, 2.05) is 7.05 Å². The molecule has 126 valence electrons. The molecule has 4 rings (SSSR count). The van der Waals surface area contributed by atoms with Gasteiger partial charge in [0, 0.05) is 24.9 Å². The summed E-state index contributed by atoms with van der Waals surface area (Å²) in [7, 11) is 2.05. The third kappa shape index (κ3) is 3.26. The van der Waals surface area contributed by atoms with E-state index in [0.717, 1.165) is 50.6 Å². The number of esters is 1. The molecule has 7 nitrogen and oxygen atoms in total. The Morgan fingerprint density at radius 3 is 2.91 bits per heavy atom. The largest absolute Gasteiger partial charge is 0.464 e. The smallest absolute Gasteiger partial charge is 0.323 e. The van der Waals surface area contributed by atoms with Crippen LogP contribution in [-0.4, -0.2) is 64.7 Å². The lowest BCUT2D eigenvalue weighted by Gasteiger charge is -2.38. The molecule has 2 aliphatic heterocycles. The summed E-state index contributed by atoms with van der Waals surface area (Å²) in [5, 5.41) is 4.12. The van der Waals surface area contributed by atoms with E-state index in [9.17, 15) is 4.79 Å². The first-order valence-corrected chi connectivity index (χ1v) is 8.64. The van der Waals surface area contributed by atoms with Crippen LogP contribution in [0.25, 0.3) is 0 Å². The highest BCUT2D eigenvalue weighted by molar-refractivity contribution is 5.77. The topological polar surface area (TPSA) is 71.7 Å². The zero-order valence-electron chi connectivity index (χ0n) is 13.6. The van der Waals surface area contributed by atoms with E-state index < -0.39 is 0 Å². The normalized spacial score (nSPS) is 29.2. The van der Waals surface area contributed by atoms with Crippen molar-refractivity contribution in [3.8, 4) is 0 Å². The van der Waals surface area contributed by atoms with Gasteiger partial charge in [0.05, 0.1) is 13.2 Å². The number of aromatic nitrogens is 2. The zero-order valence-corrected chi connectivity index (χ0v) is 13.6. The zero-order chi connectivity index (χ0) is 15.8. The summed E-state index contributed by atoms with van der Waals surface area (Å²) in [6.45, 7) is 3.27. The predicted molar refractivity (Wildman–Crippen MR) is 81.7 cm³/mol. The van der Waals surface area contributed by atoms with Gasteiger partial charge < -0.3 is 9.26 Å².